The summed E-state index contributed by atoms with van der Waals surface area (Å²) in [7, 11) is 0. The molecule has 2 N–H and O–H groups in total. The summed E-state index contributed by atoms with van der Waals surface area (Å²) in [4.78, 5) is 23.1. The van der Waals surface area contributed by atoms with Gasteiger partial charge in [-0.25, -0.2) is 4.79 Å². The van der Waals surface area contributed by atoms with E-state index in [0.717, 1.165) is 31.6 Å². The Kier molecular flexibility index (Phi) is 5.62. The summed E-state index contributed by atoms with van der Waals surface area (Å²) in [6, 6.07) is 3.77. The van der Waals surface area contributed by atoms with E-state index in [1.165, 1.54) is 0 Å². The zero-order chi connectivity index (χ0) is 18.1. The number of nitrogens with zero attached hydrogens (tertiary/aromatic N) is 1. The van der Waals surface area contributed by atoms with Crippen molar-refractivity contribution >= 4 is 35.1 Å². The fourth-order valence-electron chi connectivity index (χ4n) is 2.58. The number of amides is 1. The summed E-state index contributed by atoms with van der Waals surface area (Å²) < 4.78 is 31.7. The van der Waals surface area contributed by atoms with Crippen LogP contribution in [0.3, 0.4) is 0 Å². The Labute approximate surface area is 145 Å². The Hall–Kier alpha value is -1.51. The molecule has 1 aromatic carbocycles. The molecule has 1 atom stereocenters. The van der Waals surface area contributed by atoms with Crippen LogP contribution in [0.4, 0.5) is 13.2 Å². The fourth-order valence-corrected chi connectivity index (χ4v) is 2.93. The van der Waals surface area contributed by atoms with Crippen molar-refractivity contribution in [2.45, 2.75) is 18.6 Å². The topological polar surface area (TPSA) is 69.6 Å². The van der Waals surface area contributed by atoms with Crippen molar-refractivity contribution in [2.24, 2.45) is 0 Å². The lowest BCUT2D eigenvalue weighted by Crippen LogP contribution is -2.56. The van der Waals surface area contributed by atoms with Crippen LogP contribution in [0.2, 0.25) is 10.0 Å². The molecule has 0 unspecified atom stereocenters. The van der Waals surface area contributed by atoms with E-state index in [-0.39, 0.29) is 11.9 Å². The number of halogens is 5. The van der Waals surface area contributed by atoms with Gasteiger partial charge in [-0.05, 0) is 24.1 Å². The van der Waals surface area contributed by atoms with Gasteiger partial charge in [0.15, 0.2) is 0 Å². The highest BCUT2D eigenvalue weighted by atomic mass is 35.5. The molecule has 10 heteroatoms. The van der Waals surface area contributed by atoms with Crippen molar-refractivity contribution in [3.8, 4) is 0 Å². The monoisotopic (exact) mass is 384 g/mol. The maximum atomic E-state index is 12.3. The van der Waals surface area contributed by atoms with E-state index in [0.29, 0.717) is 15.6 Å². The van der Waals surface area contributed by atoms with E-state index >= 15 is 0 Å². The third-order valence-corrected chi connectivity index (χ3v) is 4.41. The molecule has 24 heavy (non-hydrogen) atoms. The van der Waals surface area contributed by atoms with Gasteiger partial charge in [0, 0.05) is 31.2 Å². The number of carbonyl (C=O) groups is 2. The van der Waals surface area contributed by atoms with E-state index in [4.69, 9.17) is 33.1 Å². The predicted molar refractivity (Wildman–Crippen MR) is 81.6 cm³/mol. The number of alkyl halides is 3. The van der Waals surface area contributed by atoms with E-state index in [2.05, 4.69) is 5.32 Å². The zero-order valence-electron chi connectivity index (χ0n) is 12.2. The van der Waals surface area contributed by atoms with Crippen molar-refractivity contribution in [2.75, 3.05) is 19.6 Å². The largest absolute Gasteiger partial charge is 0.490 e. The van der Waals surface area contributed by atoms with Gasteiger partial charge in [-0.15, -0.1) is 0 Å². The number of nitrogens with one attached hydrogen (secondary N) is 1. The Bertz CT molecular complexity index is 667. The van der Waals surface area contributed by atoms with Crippen LogP contribution in [0.5, 0.6) is 0 Å². The lowest BCUT2D eigenvalue weighted by molar-refractivity contribution is -0.192. The van der Waals surface area contributed by atoms with Crippen LogP contribution in [0.1, 0.15) is 15.9 Å². The van der Waals surface area contributed by atoms with Crippen molar-refractivity contribution in [1.82, 2.24) is 10.2 Å². The molecule has 3 rings (SSSR count). The fraction of sp³-hybridized carbons (Fsp3) is 0.429. The minimum absolute atomic E-state index is 0.0799. The summed E-state index contributed by atoms with van der Waals surface area (Å²) >= 11 is 12.0. The Morgan fingerprint density at radius 3 is 2.46 bits per heavy atom. The number of piperazine rings is 1. The highest BCUT2D eigenvalue weighted by Crippen LogP contribution is 2.31. The average Bonchev–Trinajstić information content (AvgIpc) is 2.49. The first kappa shape index (κ1) is 18.8. The van der Waals surface area contributed by atoms with Gasteiger partial charge in [0.25, 0.3) is 5.91 Å². The van der Waals surface area contributed by atoms with Crippen molar-refractivity contribution in [3.05, 3.63) is 33.3 Å². The number of hydrogen-bond donors (Lipinski definition) is 2. The standard InChI is InChI=1S/C12H12Cl2N2O.C2HF3O2/c13-10-4-7-3-8-6-15-1-2-16(8)12(17)9(7)5-11(10)14;3-2(4,5)1(6)7/h4-5,8,15H,1-3,6H2;(H,6,7)/t8-;/m1./s1. The molecule has 0 saturated carbocycles. The molecule has 2 aliphatic heterocycles. The minimum atomic E-state index is -5.08. The number of carbonyl (C=O) groups excluding carboxylic acids is 1. The molecule has 5 nitrogen and oxygen atoms in total. The first-order chi connectivity index (χ1) is 11.1. The lowest BCUT2D eigenvalue weighted by atomic mass is 9.92. The second-order valence-corrected chi connectivity index (χ2v) is 6.10. The van der Waals surface area contributed by atoms with Crippen LogP contribution >= 0.6 is 23.2 Å². The molecule has 2 aliphatic rings. The normalized spacial score (nSPS) is 19.8. The van der Waals surface area contributed by atoms with Crippen LogP contribution < -0.4 is 5.32 Å². The number of rotatable bonds is 0. The van der Waals surface area contributed by atoms with Gasteiger partial charge in [-0.2, -0.15) is 13.2 Å². The molecule has 0 aromatic heterocycles. The zero-order valence-corrected chi connectivity index (χ0v) is 13.7. The lowest BCUT2D eigenvalue weighted by Gasteiger charge is -2.40. The number of benzene rings is 1. The minimum Gasteiger partial charge on any atom is -0.475 e. The summed E-state index contributed by atoms with van der Waals surface area (Å²) in [5, 5.41) is 11.4. The van der Waals surface area contributed by atoms with Crippen LogP contribution in [0.15, 0.2) is 12.1 Å². The molecule has 0 bridgehead atoms. The third kappa shape index (κ3) is 4.12. The number of carboxylic acid groups (broad SMARTS) is 1. The quantitative estimate of drug-likeness (QED) is 0.721. The second kappa shape index (κ2) is 7.16. The number of fused-ring (bicyclic) bond motifs is 2. The molecule has 132 valence electrons. The summed E-state index contributed by atoms with van der Waals surface area (Å²) in [6.45, 7) is 2.48. The SMILES string of the molecule is O=C(O)C(F)(F)F.O=C1c2cc(Cl)c(Cl)cc2C[C@@H]2CNCCN12. The van der Waals surface area contributed by atoms with E-state index in [1.54, 1.807) is 6.07 Å². The maximum Gasteiger partial charge on any atom is 0.490 e. The highest BCUT2D eigenvalue weighted by Gasteiger charge is 2.38. The number of carboxylic acids is 1. The van der Waals surface area contributed by atoms with Crippen LogP contribution in [0, 0.1) is 0 Å². The van der Waals surface area contributed by atoms with Gasteiger partial charge in [0.2, 0.25) is 0 Å². The van der Waals surface area contributed by atoms with Gasteiger partial charge >= 0.3 is 12.1 Å². The smallest absolute Gasteiger partial charge is 0.475 e. The average molecular weight is 385 g/mol. The van der Waals surface area contributed by atoms with Crippen LogP contribution in [0.25, 0.3) is 0 Å². The molecular formula is C14H13Cl2F3N2O3. The molecule has 1 fully saturated rings. The molecule has 1 amide bonds. The van der Waals surface area contributed by atoms with Crippen molar-refractivity contribution in [3.63, 3.8) is 0 Å². The maximum absolute atomic E-state index is 12.3. The first-order valence-corrected chi connectivity index (χ1v) is 7.66. The highest BCUT2D eigenvalue weighted by molar-refractivity contribution is 6.42. The second-order valence-electron chi connectivity index (χ2n) is 5.29. The van der Waals surface area contributed by atoms with Gasteiger partial charge in [-0.3, -0.25) is 4.79 Å². The van der Waals surface area contributed by atoms with Gasteiger partial charge < -0.3 is 15.3 Å². The van der Waals surface area contributed by atoms with E-state index in [1.807, 2.05) is 11.0 Å². The van der Waals surface area contributed by atoms with E-state index in [9.17, 15) is 18.0 Å². The third-order valence-electron chi connectivity index (χ3n) is 3.69. The summed E-state index contributed by atoms with van der Waals surface area (Å²) in [5.41, 5.74) is 1.71. The Morgan fingerprint density at radius 1 is 1.29 bits per heavy atom. The van der Waals surface area contributed by atoms with Gasteiger partial charge in [0.1, 0.15) is 0 Å². The molecular weight excluding hydrogens is 372 g/mol. The Balaban J connectivity index is 0.000000256. The van der Waals surface area contributed by atoms with Crippen LogP contribution in [-0.4, -0.2) is 53.7 Å². The molecule has 1 saturated heterocycles. The van der Waals surface area contributed by atoms with Gasteiger partial charge in [0.05, 0.1) is 10.0 Å². The molecule has 0 aliphatic carbocycles. The summed E-state index contributed by atoms with van der Waals surface area (Å²) in [5.74, 6) is -2.68. The predicted octanol–water partition coefficient (Wildman–Crippen LogP) is 2.60. The van der Waals surface area contributed by atoms with Crippen molar-refractivity contribution < 1.29 is 27.9 Å². The first-order valence-electron chi connectivity index (χ1n) is 6.91. The molecule has 0 spiro atoms. The van der Waals surface area contributed by atoms with Crippen molar-refractivity contribution in [1.29, 1.82) is 0 Å². The molecule has 1 aromatic rings. The Morgan fingerprint density at radius 2 is 1.88 bits per heavy atom. The van der Waals surface area contributed by atoms with Crippen LogP contribution in [-0.2, 0) is 11.2 Å². The molecule has 0 radical (unpaired) electrons. The summed E-state index contributed by atoms with van der Waals surface area (Å²) in [6.07, 6.45) is -4.23. The molecule has 2 heterocycles. The van der Waals surface area contributed by atoms with Gasteiger partial charge in [-0.1, -0.05) is 23.2 Å². The number of aliphatic carboxylic acids is 1. The van der Waals surface area contributed by atoms with E-state index < -0.39 is 12.1 Å². The number of hydrogen-bond acceptors (Lipinski definition) is 3.